The number of thiophene rings is 1. The van der Waals surface area contributed by atoms with Crippen LogP contribution in [0.25, 0.3) is 0 Å². The van der Waals surface area contributed by atoms with Crippen LogP contribution in [0.2, 0.25) is 0 Å². The Morgan fingerprint density at radius 1 is 0.852 bits per heavy atom. The molecule has 2 N–H and O–H groups in total. The minimum atomic E-state index is -3.54. The van der Waals surface area contributed by atoms with Crippen LogP contribution in [-0.4, -0.2) is 26.5 Å². The zero-order valence-electron chi connectivity index (χ0n) is 14.3. The number of hydrogen-bond donors (Lipinski definition) is 2. The lowest BCUT2D eigenvalue weighted by molar-refractivity contribution is 0.101. The van der Waals surface area contributed by atoms with Crippen LogP contribution < -0.4 is 10.6 Å². The summed E-state index contributed by atoms with van der Waals surface area (Å²) in [5, 5.41) is 7.24. The van der Waals surface area contributed by atoms with Gasteiger partial charge < -0.3 is 10.6 Å². The van der Waals surface area contributed by atoms with Gasteiger partial charge in [-0.3, -0.25) is 9.59 Å². The first kappa shape index (κ1) is 18.8. The van der Waals surface area contributed by atoms with Gasteiger partial charge in [-0.25, -0.2) is 8.42 Å². The predicted molar refractivity (Wildman–Crippen MR) is 106 cm³/mol. The maximum atomic E-state index is 12.5. The van der Waals surface area contributed by atoms with E-state index in [1.54, 1.807) is 48.5 Å². The molecule has 2 amide bonds. The van der Waals surface area contributed by atoms with Gasteiger partial charge in [0.1, 0.15) is 0 Å². The molecule has 0 atom stereocenters. The first-order chi connectivity index (χ1) is 12.8. The topological polar surface area (TPSA) is 92.3 Å². The number of amides is 2. The Balaban J connectivity index is 1.79. The second-order valence-electron chi connectivity index (χ2n) is 5.73. The van der Waals surface area contributed by atoms with Gasteiger partial charge in [0.25, 0.3) is 11.8 Å². The highest BCUT2D eigenvalue weighted by molar-refractivity contribution is 7.90. The van der Waals surface area contributed by atoms with E-state index in [-0.39, 0.29) is 16.4 Å². The largest absolute Gasteiger partial charge is 0.322 e. The van der Waals surface area contributed by atoms with E-state index in [4.69, 9.17) is 0 Å². The Kier molecular flexibility index (Phi) is 5.38. The third-order valence-electron chi connectivity index (χ3n) is 3.65. The number of carbonyl (C=O) groups excluding carboxylic acids is 2. The van der Waals surface area contributed by atoms with Crippen molar-refractivity contribution in [3.8, 4) is 0 Å². The summed E-state index contributed by atoms with van der Waals surface area (Å²) < 4.78 is 23.7. The highest BCUT2D eigenvalue weighted by Gasteiger charge is 2.18. The van der Waals surface area contributed by atoms with Crippen molar-refractivity contribution in [3.63, 3.8) is 0 Å². The standard InChI is InChI=1S/C19H16N2O4S2/c1-27(24,25)17-10-3-2-8-15(17)18(22)20-13-6-4-7-14(12-13)21-19(23)16-9-5-11-26-16/h2-12H,1H3,(H,20,22)(H,21,23). The quantitative estimate of drug-likeness (QED) is 0.684. The number of benzene rings is 2. The molecule has 0 aliphatic heterocycles. The molecule has 1 heterocycles. The fourth-order valence-electron chi connectivity index (χ4n) is 2.45. The molecule has 6 nitrogen and oxygen atoms in total. The van der Waals surface area contributed by atoms with E-state index >= 15 is 0 Å². The van der Waals surface area contributed by atoms with Crippen LogP contribution in [0.3, 0.4) is 0 Å². The fraction of sp³-hybridized carbons (Fsp3) is 0.0526. The molecule has 138 valence electrons. The number of nitrogens with one attached hydrogen (secondary N) is 2. The highest BCUT2D eigenvalue weighted by Crippen LogP contribution is 2.20. The summed E-state index contributed by atoms with van der Waals surface area (Å²) >= 11 is 1.33. The minimum absolute atomic E-state index is 0.0374. The zero-order chi connectivity index (χ0) is 19.4. The molecule has 3 rings (SSSR count). The smallest absolute Gasteiger partial charge is 0.265 e. The van der Waals surface area contributed by atoms with Gasteiger partial charge in [-0.15, -0.1) is 11.3 Å². The first-order valence-corrected chi connectivity index (χ1v) is 10.7. The Labute approximate surface area is 160 Å². The molecular weight excluding hydrogens is 384 g/mol. The van der Waals surface area contributed by atoms with Crippen molar-refractivity contribution >= 4 is 44.4 Å². The Morgan fingerprint density at radius 2 is 1.52 bits per heavy atom. The van der Waals surface area contributed by atoms with Crippen molar-refractivity contribution in [1.29, 1.82) is 0 Å². The van der Waals surface area contributed by atoms with E-state index < -0.39 is 15.7 Å². The normalized spacial score (nSPS) is 11.0. The van der Waals surface area contributed by atoms with Crippen molar-refractivity contribution in [3.05, 3.63) is 76.5 Å². The summed E-state index contributed by atoms with van der Waals surface area (Å²) in [6.07, 6.45) is 1.06. The van der Waals surface area contributed by atoms with Crippen molar-refractivity contribution in [2.75, 3.05) is 16.9 Å². The molecule has 2 aromatic carbocycles. The summed E-state index contributed by atoms with van der Waals surface area (Å²) in [7, 11) is -3.54. The van der Waals surface area contributed by atoms with Gasteiger partial charge in [-0.2, -0.15) is 0 Å². The number of carbonyl (C=O) groups is 2. The molecule has 0 aliphatic rings. The summed E-state index contributed by atoms with van der Waals surface area (Å²) in [6.45, 7) is 0. The van der Waals surface area contributed by atoms with Crippen LogP contribution in [-0.2, 0) is 9.84 Å². The van der Waals surface area contributed by atoms with Crippen LogP contribution in [0, 0.1) is 0 Å². The maximum Gasteiger partial charge on any atom is 0.265 e. The summed E-state index contributed by atoms with van der Waals surface area (Å²) in [5.74, 6) is -0.784. The van der Waals surface area contributed by atoms with Crippen LogP contribution in [0.5, 0.6) is 0 Å². The number of anilines is 2. The van der Waals surface area contributed by atoms with Crippen molar-refractivity contribution < 1.29 is 18.0 Å². The van der Waals surface area contributed by atoms with Gasteiger partial charge >= 0.3 is 0 Å². The maximum absolute atomic E-state index is 12.5. The van der Waals surface area contributed by atoms with Gasteiger partial charge in [0, 0.05) is 17.6 Å². The molecule has 0 saturated heterocycles. The summed E-state index contributed by atoms with van der Waals surface area (Å²) in [5.41, 5.74) is 1.02. The number of sulfone groups is 1. The molecule has 27 heavy (non-hydrogen) atoms. The van der Waals surface area contributed by atoms with Crippen molar-refractivity contribution in [2.45, 2.75) is 4.90 Å². The average molecular weight is 400 g/mol. The van der Waals surface area contributed by atoms with E-state index in [0.717, 1.165) is 6.26 Å². The van der Waals surface area contributed by atoms with Crippen LogP contribution in [0.4, 0.5) is 11.4 Å². The highest BCUT2D eigenvalue weighted by atomic mass is 32.2. The number of rotatable bonds is 5. The monoisotopic (exact) mass is 400 g/mol. The molecule has 1 aromatic heterocycles. The molecule has 0 unspecified atom stereocenters. The molecule has 0 bridgehead atoms. The Bertz CT molecular complexity index is 1090. The van der Waals surface area contributed by atoms with E-state index in [0.29, 0.717) is 16.3 Å². The van der Waals surface area contributed by atoms with Gasteiger partial charge in [0.15, 0.2) is 9.84 Å². The first-order valence-electron chi connectivity index (χ1n) is 7.90. The molecular formula is C19H16N2O4S2. The number of hydrogen-bond acceptors (Lipinski definition) is 5. The minimum Gasteiger partial charge on any atom is -0.322 e. The molecule has 0 aliphatic carbocycles. The molecule has 8 heteroatoms. The van der Waals surface area contributed by atoms with E-state index in [2.05, 4.69) is 10.6 Å². The third-order valence-corrected chi connectivity index (χ3v) is 5.68. The lowest BCUT2D eigenvalue weighted by Gasteiger charge is -2.10. The van der Waals surface area contributed by atoms with Crippen LogP contribution in [0.1, 0.15) is 20.0 Å². The SMILES string of the molecule is CS(=O)(=O)c1ccccc1C(=O)Nc1cccc(NC(=O)c2cccs2)c1. The van der Waals surface area contributed by atoms with E-state index in [9.17, 15) is 18.0 Å². The van der Waals surface area contributed by atoms with Crippen LogP contribution in [0.15, 0.2) is 70.9 Å². The van der Waals surface area contributed by atoms with E-state index in [1.807, 2.05) is 5.38 Å². The Morgan fingerprint density at radius 3 is 2.15 bits per heavy atom. The fourth-order valence-corrected chi connectivity index (χ4v) is 3.96. The van der Waals surface area contributed by atoms with Gasteiger partial charge in [0.05, 0.1) is 15.3 Å². The van der Waals surface area contributed by atoms with Gasteiger partial charge in [-0.1, -0.05) is 24.3 Å². The third kappa shape index (κ3) is 4.60. The average Bonchev–Trinajstić information content (AvgIpc) is 3.16. The van der Waals surface area contributed by atoms with Crippen molar-refractivity contribution in [2.24, 2.45) is 0 Å². The van der Waals surface area contributed by atoms with E-state index in [1.165, 1.54) is 23.5 Å². The lowest BCUT2D eigenvalue weighted by Crippen LogP contribution is -2.16. The molecule has 3 aromatic rings. The second-order valence-corrected chi connectivity index (χ2v) is 8.67. The summed E-state index contributed by atoms with van der Waals surface area (Å²) in [6, 6.07) is 16.1. The lowest BCUT2D eigenvalue weighted by atomic mass is 10.2. The molecule has 0 saturated carbocycles. The van der Waals surface area contributed by atoms with Crippen molar-refractivity contribution in [1.82, 2.24) is 0 Å². The second kappa shape index (κ2) is 7.73. The predicted octanol–water partition coefficient (Wildman–Crippen LogP) is 3.66. The van der Waals surface area contributed by atoms with Gasteiger partial charge in [-0.05, 0) is 41.8 Å². The Hall–Kier alpha value is -2.97. The van der Waals surface area contributed by atoms with Crippen LogP contribution >= 0.6 is 11.3 Å². The van der Waals surface area contributed by atoms with Gasteiger partial charge in [0.2, 0.25) is 0 Å². The molecule has 0 fully saturated rings. The molecule has 0 radical (unpaired) electrons. The molecule has 0 spiro atoms. The summed E-state index contributed by atoms with van der Waals surface area (Å²) in [4.78, 5) is 25.2. The zero-order valence-corrected chi connectivity index (χ0v) is 15.9.